The predicted molar refractivity (Wildman–Crippen MR) is 121 cm³/mol. The quantitative estimate of drug-likeness (QED) is 0.248. The number of fused-ring (bicyclic) bond motifs is 2. The lowest BCUT2D eigenvalue weighted by Crippen LogP contribution is -2.24. The van der Waals surface area contributed by atoms with Crippen LogP contribution in [0.1, 0.15) is 5.56 Å². The van der Waals surface area contributed by atoms with Crippen LogP contribution in [0.3, 0.4) is 0 Å². The zero-order valence-electron chi connectivity index (χ0n) is 15.7. The molecule has 1 heterocycles. The fraction of sp³-hybridized carbons (Fsp3) is 0.0476. The van der Waals surface area contributed by atoms with E-state index in [1.165, 1.54) is 12.1 Å². The minimum atomic E-state index is -3.92. The van der Waals surface area contributed by atoms with Crippen molar-refractivity contribution in [2.24, 2.45) is 15.9 Å². The minimum Gasteiger partial charge on any atom is -0.381 e. The third-order valence-electron chi connectivity index (χ3n) is 4.60. The van der Waals surface area contributed by atoms with Gasteiger partial charge in [0.25, 0.3) is 10.0 Å². The summed E-state index contributed by atoms with van der Waals surface area (Å²) in [5, 5.41) is 6.00. The lowest BCUT2D eigenvalue weighted by molar-refractivity contribution is 0.598. The van der Waals surface area contributed by atoms with Gasteiger partial charge in [0, 0.05) is 28.0 Å². The average molecular weight is 440 g/mol. The molecule has 0 atom stereocenters. The second-order valence-corrected chi connectivity index (χ2v) is 8.68. The SMILES string of the molecule is NC(N)=NS(=O)(=O)c1ccc(NCc2c3ccccc3nc3cc(Cl)ccc23)cc1. The zero-order valence-corrected chi connectivity index (χ0v) is 17.3. The molecule has 4 rings (SSSR count). The van der Waals surface area contributed by atoms with Gasteiger partial charge in [0.1, 0.15) is 0 Å². The van der Waals surface area contributed by atoms with Crippen molar-refractivity contribution in [1.82, 2.24) is 4.98 Å². The van der Waals surface area contributed by atoms with E-state index in [-0.39, 0.29) is 4.90 Å². The zero-order chi connectivity index (χ0) is 21.3. The Kier molecular flexibility index (Phi) is 5.19. The smallest absolute Gasteiger partial charge is 0.285 e. The fourth-order valence-electron chi connectivity index (χ4n) is 3.27. The van der Waals surface area contributed by atoms with Crippen LogP contribution in [0.5, 0.6) is 0 Å². The lowest BCUT2D eigenvalue weighted by atomic mass is 10.0. The summed E-state index contributed by atoms with van der Waals surface area (Å²) in [5.41, 5.74) is 13.9. The molecule has 0 amide bonds. The van der Waals surface area contributed by atoms with E-state index in [0.29, 0.717) is 11.6 Å². The molecule has 0 unspecified atom stereocenters. The number of aromatic nitrogens is 1. The van der Waals surface area contributed by atoms with Crippen molar-refractivity contribution in [3.05, 3.63) is 77.3 Å². The Labute approximate surface area is 178 Å². The molecule has 30 heavy (non-hydrogen) atoms. The van der Waals surface area contributed by atoms with Crippen LogP contribution in [0.15, 0.2) is 76.0 Å². The van der Waals surface area contributed by atoms with Crippen LogP contribution in [0.4, 0.5) is 5.69 Å². The van der Waals surface area contributed by atoms with Crippen LogP contribution in [0.2, 0.25) is 5.02 Å². The molecule has 1 aromatic heterocycles. The van der Waals surface area contributed by atoms with Crippen molar-refractivity contribution < 1.29 is 8.42 Å². The molecular formula is C21H18ClN5O2S. The molecule has 9 heteroatoms. The fourth-order valence-corrected chi connectivity index (χ4v) is 4.30. The molecule has 0 aliphatic heterocycles. The van der Waals surface area contributed by atoms with Gasteiger partial charge in [0.15, 0.2) is 0 Å². The summed E-state index contributed by atoms with van der Waals surface area (Å²) >= 11 is 6.15. The van der Waals surface area contributed by atoms with Crippen LogP contribution in [0, 0.1) is 0 Å². The van der Waals surface area contributed by atoms with E-state index in [1.54, 1.807) is 12.1 Å². The molecule has 0 saturated heterocycles. The van der Waals surface area contributed by atoms with Crippen molar-refractivity contribution in [1.29, 1.82) is 0 Å². The molecule has 0 saturated carbocycles. The summed E-state index contributed by atoms with van der Waals surface area (Å²) < 4.78 is 27.4. The summed E-state index contributed by atoms with van der Waals surface area (Å²) in [5.74, 6) is -0.506. The maximum Gasteiger partial charge on any atom is 0.285 e. The van der Waals surface area contributed by atoms with Gasteiger partial charge in [-0.1, -0.05) is 35.9 Å². The van der Waals surface area contributed by atoms with E-state index < -0.39 is 16.0 Å². The van der Waals surface area contributed by atoms with Gasteiger partial charge in [0.05, 0.1) is 15.9 Å². The summed E-state index contributed by atoms with van der Waals surface area (Å²) in [6, 6.07) is 19.8. The molecule has 3 aromatic carbocycles. The Morgan fingerprint density at radius 2 is 1.67 bits per heavy atom. The van der Waals surface area contributed by atoms with Crippen LogP contribution < -0.4 is 16.8 Å². The third-order valence-corrected chi connectivity index (χ3v) is 6.16. The number of benzene rings is 3. The van der Waals surface area contributed by atoms with E-state index in [9.17, 15) is 8.42 Å². The van der Waals surface area contributed by atoms with E-state index in [2.05, 4.69) is 9.71 Å². The predicted octanol–water partition coefficient (Wildman–Crippen LogP) is 3.62. The summed E-state index contributed by atoms with van der Waals surface area (Å²) in [6.45, 7) is 0.515. The highest BCUT2D eigenvalue weighted by Gasteiger charge is 2.13. The molecule has 152 valence electrons. The van der Waals surface area contributed by atoms with Crippen LogP contribution >= 0.6 is 11.6 Å². The largest absolute Gasteiger partial charge is 0.381 e. The average Bonchev–Trinajstić information content (AvgIpc) is 2.70. The standard InChI is InChI=1S/C21H18ClN5O2S/c22-13-5-10-17-18(16-3-1-2-4-19(16)26-20(17)11-13)12-25-14-6-8-15(9-7-14)30(28,29)27-21(23)24/h1-11,25H,12H2,(H4,23,24,27). The molecule has 0 bridgehead atoms. The van der Waals surface area contributed by atoms with Crippen molar-refractivity contribution in [3.8, 4) is 0 Å². The molecule has 4 aromatic rings. The monoisotopic (exact) mass is 439 g/mol. The van der Waals surface area contributed by atoms with Crippen LogP contribution in [-0.2, 0) is 16.6 Å². The summed E-state index contributed by atoms with van der Waals surface area (Å²) in [6.07, 6.45) is 0. The Hall–Kier alpha value is -3.36. The molecule has 5 N–H and O–H groups in total. The van der Waals surface area contributed by atoms with Gasteiger partial charge in [0.2, 0.25) is 5.96 Å². The molecule has 0 fully saturated rings. The van der Waals surface area contributed by atoms with E-state index in [0.717, 1.165) is 33.1 Å². The highest BCUT2D eigenvalue weighted by Crippen LogP contribution is 2.29. The topological polar surface area (TPSA) is 123 Å². The molecule has 0 radical (unpaired) electrons. The molecule has 0 spiro atoms. The molecular weight excluding hydrogens is 422 g/mol. The minimum absolute atomic E-state index is 0.0101. The number of nitrogens with one attached hydrogen (secondary N) is 1. The van der Waals surface area contributed by atoms with Crippen LogP contribution in [-0.4, -0.2) is 19.4 Å². The number of hydrogen-bond donors (Lipinski definition) is 3. The van der Waals surface area contributed by atoms with E-state index >= 15 is 0 Å². The first-order valence-electron chi connectivity index (χ1n) is 9.00. The third kappa shape index (κ3) is 4.00. The second kappa shape index (κ2) is 7.81. The number of rotatable bonds is 5. The van der Waals surface area contributed by atoms with Crippen molar-refractivity contribution in [2.75, 3.05) is 5.32 Å². The first-order chi connectivity index (χ1) is 14.3. The number of guanidine groups is 1. The highest BCUT2D eigenvalue weighted by molar-refractivity contribution is 7.90. The lowest BCUT2D eigenvalue weighted by Gasteiger charge is -2.13. The Bertz CT molecular complexity index is 1380. The maximum atomic E-state index is 12.1. The number of sulfonamides is 1. The number of nitrogens with two attached hydrogens (primary N) is 2. The van der Waals surface area contributed by atoms with Crippen molar-refractivity contribution >= 4 is 55.1 Å². The Morgan fingerprint density at radius 3 is 2.40 bits per heavy atom. The number of para-hydroxylation sites is 1. The molecule has 0 aliphatic rings. The van der Waals surface area contributed by atoms with Crippen molar-refractivity contribution in [2.45, 2.75) is 11.4 Å². The number of nitrogens with zero attached hydrogens (tertiary/aromatic N) is 2. The van der Waals surface area contributed by atoms with Crippen molar-refractivity contribution in [3.63, 3.8) is 0 Å². The van der Waals surface area contributed by atoms with Gasteiger partial charge in [-0.25, -0.2) is 4.98 Å². The van der Waals surface area contributed by atoms with Crippen LogP contribution in [0.25, 0.3) is 21.8 Å². The van der Waals surface area contributed by atoms with E-state index in [1.807, 2.05) is 42.5 Å². The summed E-state index contributed by atoms with van der Waals surface area (Å²) in [4.78, 5) is 4.71. The number of pyridine rings is 1. The Balaban J connectivity index is 1.67. The Morgan fingerprint density at radius 1 is 0.967 bits per heavy atom. The normalized spacial score (nSPS) is 11.5. The van der Waals surface area contributed by atoms with Gasteiger partial charge < -0.3 is 16.8 Å². The van der Waals surface area contributed by atoms with Gasteiger partial charge in [-0.15, -0.1) is 4.40 Å². The molecule has 0 aliphatic carbocycles. The maximum absolute atomic E-state index is 12.1. The highest BCUT2D eigenvalue weighted by atomic mass is 35.5. The van der Waals surface area contributed by atoms with Gasteiger partial charge >= 0.3 is 0 Å². The molecule has 7 nitrogen and oxygen atoms in total. The van der Waals surface area contributed by atoms with E-state index in [4.69, 9.17) is 28.1 Å². The summed E-state index contributed by atoms with van der Waals surface area (Å²) in [7, 11) is -3.92. The number of anilines is 1. The van der Waals surface area contributed by atoms with Gasteiger partial charge in [-0.05, 0) is 48.0 Å². The first kappa shape index (κ1) is 19.9. The van der Waals surface area contributed by atoms with Gasteiger partial charge in [-0.2, -0.15) is 8.42 Å². The van der Waals surface area contributed by atoms with Gasteiger partial charge in [-0.3, -0.25) is 0 Å². The number of hydrogen-bond acceptors (Lipinski definition) is 4. The number of halogens is 1. The first-order valence-corrected chi connectivity index (χ1v) is 10.8. The second-order valence-electron chi connectivity index (χ2n) is 6.64.